The minimum absolute atomic E-state index is 0.203. The molecule has 0 aliphatic rings. The number of nitrogens with two attached hydrogens (primary N) is 1. The molecule has 7 heteroatoms. The fourth-order valence-corrected chi connectivity index (χ4v) is 2.15. The van der Waals surface area contributed by atoms with Crippen molar-refractivity contribution in [2.45, 2.75) is 24.0 Å². The zero-order valence-corrected chi connectivity index (χ0v) is 10.5. The number of aromatic nitrogens is 2. The Hall–Kier alpha value is -1.34. The molecule has 1 aromatic heterocycles. The monoisotopic (exact) mass is 257 g/mol. The fourth-order valence-electron chi connectivity index (χ4n) is 1.12. The molecule has 0 aliphatic heterocycles. The molecule has 3 N–H and O–H groups in total. The van der Waals surface area contributed by atoms with Crippen LogP contribution >= 0.6 is 11.8 Å². The van der Waals surface area contributed by atoms with Crippen molar-refractivity contribution in [3.8, 4) is 0 Å². The molecule has 0 spiro atoms. The Balaban J connectivity index is 2.48. The van der Waals surface area contributed by atoms with E-state index in [0.717, 1.165) is 0 Å². The van der Waals surface area contributed by atoms with Gasteiger partial charge in [-0.25, -0.2) is 4.98 Å². The molecule has 0 amide bonds. The molecule has 94 valence electrons. The lowest BCUT2D eigenvalue weighted by Crippen LogP contribution is -2.46. The number of ether oxygens (including phenoxy) is 1. The summed E-state index contributed by atoms with van der Waals surface area (Å²) < 4.78 is 4.59. The summed E-state index contributed by atoms with van der Waals surface area (Å²) in [4.78, 5) is 28.8. The predicted molar refractivity (Wildman–Crippen MR) is 64.8 cm³/mol. The number of esters is 1. The fraction of sp³-hybridized carbons (Fsp3) is 0.500. The van der Waals surface area contributed by atoms with E-state index in [1.54, 1.807) is 6.92 Å². The predicted octanol–water partition coefficient (Wildman–Crippen LogP) is 0.142. The summed E-state index contributed by atoms with van der Waals surface area (Å²) in [6, 6.07) is 1.34. The maximum atomic E-state index is 11.3. The molecule has 0 saturated heterocycles. The van der Waals surface area contributed by atoms with Gasteiger partial charge < -0.3 is 15.5 Å². The third-order valence-corrected chi connectivity index (χ3v) is 3.05. The highest BCUT2D eigenvalue weighted by molar-refractivity contribution is 7.99. The second kappa shape index (κ2) is 5.83. The van der Waals surface area contributed by atoms with Gasteiger partial charge in [0.05, 0.1) is 7.11 Å². The Morgan fingerprint density at radius 2 is 2.41 bits per heavy atom. The van der Waals surface area contributed by atoms with Crippen LogP contribution in [0.3, 0.4) is 0 Å². The van der Waals surface area contributed by atoms with Gasteiger partial charge in [0.2, 0.25) is 0 Å². The number of aromatic amines is 1. The van der Waals surface area contributed by atoms with E-state index in [1.807, 2.05) is 0 Å². The maximum absolute atomic E-state index is 11.3. The minimum Gasteiger partial charge on any atom is -0.468 e. The minimum atomic E-state index is -1.02. The van der Waals surface area contributed by atoms with Gasteiger partial charge in [0.1, 0.15) is 5.54 Å². The summed E-state index contributed by atoms with van der Waals surface area (Å²) in [5, 5.41) is 0.512. The van der Waals surface area contributed by atoms with E-state index in [4.69, 9.17) is 5.73 Å². The first-order valence-electron chi connectivity index (χ1n) is 5.01. The Morgan fingerprint density at radius 3 is 3.00 bits per heavy atom. The molecular weight excluding hydrogens is 242 g/mol. The molecule has 0 radical (unpaired) electrons. The number of thioether (sulfide) groups is 1. The van der Waals surface area contributed by atoms with Gasteiger partial charge in [-0.05, 0) is 13.3 Å². The van der Waals surface area contributed by atoms with Crippen molar-refractivity contribution in [1.82, 2.24) is 9.97 Å². The zero-order valence-electron chi connectivity index (χ0n) is 9.73. The van der Waals surface area contributed by atoms with E-state index in [1.165, 1.54) is 31.1 Å². The van der Waals surface area contributed by atoms with Crippen molar-refractivity contribution in [2.24, 2.45) is 5.73 Å². The second-order valence-electron chi connectivity index (χ2n) is 3.75. The molecule has 6 nitrogen and oxygen atoms in total. The molecule has 1 unspecified atom stereocenters. The lowest BCUT2D eigenvalue weighted by molar-refractivity contribution is -0.146. The smallest absolute Gasteiger partial charge is 0.325 e. The molecular formula is C10H15N3O3S. The van der Waals surface area contributed by atoms with E-state index in [9.17, 15) is 9.59 Å². The summed E-state index contributed by atoms with van der Waals surface area (Å²) in [5.41, 5.74) is 4.56. The van der Waals surface area contributed by atoms with Crippen LogP contribution in [0, 0.1) is 0 Å². The van der Waals surface area contributed by atoms with E-state index < -0.39 is 11.5 Å². The SMILES string of the molecule is COC(=O)C(C)(N)CCSc1nccc(=O)[nH]1. The summed E-state index contributed by atoms with van der Waals surface area (Å²) in [5.74, 6) is 0.113. The van der Waals surface area contributed by atoms with Crippen molar-refractivity contribution in [3.63, 3.8) is 0 Å². The van der Waals surface area contributed by atoms with Gasteiger partial charge in [0.15, 0.2) is 5.16 Å². The molecule has 0 bridgehead atoms. The van der Waals surface area contributed by atoms with Crippen LogP contribution in [-0.4, -0.2) is 34.3 Å². The number of carbonyl (C=O) groups excluding carboxylic acids is 1. The van der Waals surface area contributed by atoms with Crippen LogP contribution in [0.5, 0.6) is 0 Å². The molecule has 0 aromatic carbocycles. The first-order valence-corrected chi connectivity index (χ1v) is 6.00. The third-order valence-electron chi connectivity index (χ3n) is 2.16. The number of nitrogens with zero attached hydrogens (tertiary/aromatic N) is 1. The van der Waals surface area contributed by atoms with Gasteiger partial charge in [0, 0.05) is 18.0 Å². The molecule has 1 atom stereocenters. The summed E-state index contributed by atoms with van der Waals surface area (Å²) in [6.45, 7) is 1.61. The van der Waals surface area contributed by atoms with Crippen LogP contribution in [0.25, 0.3) is 0 Å². The van der Waals surface area contributed by atoms with E-state index in [-0.39, 0.29) is 5.56 Å². The van der Waals surface area contributed by atoms with Gasteiger partial charge in [-0.2, -0.15) is 0 Å². The van der Waals surface area contributed by atoms with Crippen LogP contribution in [0.2, 0.25) is 0 Å². The normalized spacial score (nSPS) is 14.1. The van der Waals surface area contributed by atoms with E-state index in [2.05, 4.69) is 14.7 Å². The Morgan fingerprint density at radius 1 is 1.71 bits per heavy atom. The van der Waals surface area contributed by atoms with Gasteiger partial charge in [-0.1, -0.05) is 11.8 Å². The van der Waals surface area contributed by atoms with E-state index >= 15 is 0 Å². The number of methoxy groups -OCH3 is 1. The first kappa shape index (κ1) is 13.7. The van der Waals surface area contributed by atoms with Crippen LogP contribution in [-0.2, 0) is 9.53 Å². The number of hydrogen-bond donors (Lipinski definition) is 2. The molecule has 1 aromatic rings. The van der Waals surface area contributed by atoms with Crippen molar-refractivity contribution >= 4 is 17.7 Å². The number of hydrogen-bond acceptors (Lipinski definition) is 6. The van der Waals surface area contributed by atoms with Crippen LogP contribution < -0.4 is 11.3 Å². The molecule has 0 saturated carbocycles. The summed E-state index contributed by atoms with van der Waals surface area (Å²) in [7, 11) is 1.30. The highest BCUT2D eigenvalue weighted by atomic mass is 32.2. The molecule has 0 fully saturated rings. The zero-order chi connectivity index (χ0) is 12.9. The topological polar surface area (TPSA) is 98.1 Å². The summed E-state index contributed by atoms with van der Waals surface area (Å²) >= 11 is 1.33. The number of rotatable bonds is 5. The lowest BCUT2D eigenvalue weighted by atomic mass is 10.0. The standard InChI is InChI=1S/C10H15N3O3S/c1-10(11,8(15)16-2)4-6-17-9-12-5-3-7(14)13-9/h3,5H,4,6,11H2,1-2H3,(H,12,13,14). The summed E-state index contributed by atoms with van der Waals surface area (Å²) in [6.07, 6.45) is 1.87. The highest BCUT2D eigenvalue weighted by Gasteiger charge is 2.28. The average molecular weight is 257 g/mol. The highest BCUT2D eigenvalue weighted by Crippen LogP contribution is 2.17. The number of carbonyl (C=O) groups is 1. The van der Waals surface area contributed by atoms with Gasteiger partial charge in [0.25, 0.3) is 5.56 Å². The molecule has 0 aliphatic carbocycles. The Labute approximate surface area is 103 Å². The largest absolute Gasteiger partial charge is 0.468 e. The van der Waals surface area contributed by atoms with Gasteiger partial charge >= 0.3 is 5.97 Å². The van der Waals surface area contributed by atoms with Crippen molar-refractivity contribution < 1.29 is 9.53 Å². The Kier molecular flexibility index (Phi) is 4.71. The van der Waals surface area contributed by atoms with Crippen LogP contribution in [0.4, 0.5) is 0 Å². The van der Waals surface area contributed by atoms with Crippen molar-refractivity contribution in [1.29, 1.82) is 0 Å². The van der Waals surface area contributed by atoms with Crippen molar-refractivity contribution in [3.05, 3.63) is 22.6 Å². The maximum Gasteiger partial charge on any atom is 0.325 e. The quantitative estimate of drug-likeness (QED) is 0.442. The average Bonchev–Trinajstić information content (AvgIpc) is 2.27. The first-order chi connectivity index (χ1) is 7.95. The van der Waals surface area contributed by atoms with E-state index in [0.29, 0.717) is 17.3 Å². The third kappa shape index (κ3) is 4.20. The molecule has 17 heavy (non-hydrogen) atoms. The van der Waals surface area contributed by atoms with Gasteiger partial charge in [-0.15, -0.1) is 0 Å². The van der Waals surface area contributed by atoms with Gasteiger partial charge in [-0.3, -0.25) is 9.59 Å². The number of H-pyrrole nitrogens is 1. The molecule has 1 heterocycles. The molecule has 1 rings (SSSR count). The van der Waals surface area contributed by atoms with Crippen LogP contribution in [0.1, 0.15) is 13.3 Å². The lowest BCUT2D eigenvalue weighted by Gasteiger charge is -2.20. The van der Waals surface area contributed by atoms with Crippen LogP contribution in [0.15, 0.2) is 22.2 Å². The van der Waals surface area contributed by atoms with Crippen molar-refractivity contribution in [2.75, 3.05) is 12.9 Å². The Bertz CT molecular complexity index is 444. The number of nitrogens with one attached hydrogen (secondary N) is 1. The second-order valence-corrected chi connectivity index (χ2v) is 4.83.